The molecule has 2 rings (SSSR count). The molecule has 2 N–H and O–H groups in total. The largest absolute Gasteiger partial charge is 0.508 e. The standard InChI is InChI=1S/C16H26N2O/c1-4-18-9-7-14(8-10-18)13(3)17-16-6-5-15(19)11-12(16)2/h5-6,11,13-14,17,19H,4,7-10H2,1-3H3. The molecule has 1 aliphatic heterocycles. The molecule has 0 radical (unpaired) electrons. The molecule has 1 aromatic rings. The second-order valence-corrected chi connectivity index (χ2v) is 5.70. The maximum Gasteiger partial charge on any atom is 0.115 e. The summed E-state index contributed by atoms with van der Waals surface area (Å²) in [5, 5.41) is 13.1. The topological polar surface area (TPSA) is 35.5 Å². The van der Waals surface area contributed by atoms with Gasteiger partial charge >= 0.3 is 0 Å². The second kappa shape index (κ2) is 6.29. The number of aromatic hydroxyl groups is 1. The molecule has 1 unspecified atom stereocenters. The van der Waals surface area contributed by atoms with Crippen LogP contribution in [0.3, 0.4) is 0 Å². The van der Waals surface area contributed by atoms with E-state index in [1.165, 1.54) is 32.5 Å². The van der Waals surface area contributed by atoms with Gasteiger partial charge in [0.1, 0.15) is 5.75 Å². The highest BCUT2D eigenvalue weighted by molar-refractivity contribution is 5.53. The molecule has 0 saturated carbocycles. The van der Waals surface area contributed by atoms with Gasteiger partial charge in [-0.3, -0.25) is 0 Å². The van der Waals surface area contributed by atoms with E-state index in [0.717, 1.165) is 17.2 Å². The number of hydrogen-bond acceptors (Lipinski definition) is 3. The third kappa shape index (κ3) is 3.63. The van der Waals surface area contributed by atoms with Gasteiger partial charge in [0.15, 0.2) is 0 Å². The molecule has 19 heavy (non-hydrogen) atoms. The summed E-state index contributed by atoms with van der Waals surface area (Å²) < 4.78 is 0. The van der Waals surface area contributed by atoms with Crippen molar-refractivity contribution >= 4 is 5.69 Å². The van der Waals surface area contributed by atoms with Crippen molar-refractivity contribution in [2.45, 2.75) is 39.7 Å². The lowest BCUT2D eigenvalue weighted by Crippen LogP contribution is -2.39. The summed E-state index contributed by atoms with van der Waals surface area (Å²) >= 11 is 0. The minimum Gasteiger partial charge on any atom is -0.508 e. The molecule has 0 amide bonds. The quantitative estimate of drug-likeness (QED) is 0.818. The number of rotatable bonds is 4. The molecule has 1 fully saturated rings. The predicted molar refractivity (Wildman–Crippen MR) is 80.8 cm³/mol. The van der Waals surface area contributed by atoms with Crippen LogP contribution in [0.5, 0.6) is 5.75 Å². The molecule has 106 valence electrons. The number of phenols is 1. The van der Waals surface area contributed by atoms with Crippen molar-refractivity contribution in [3.63, 3.8) is 0 Å². The van der Waals surface area contributed by atoms with Crippen molar-refractivity contribution in [1.29, 1.82) is 0 Å². The molecule has 3 heteroatoms. The number of nitrogens with one attached hydrogen (secondary N) is 1. The Hall–Kier alpha value is -1.22. The van der Waals surface area contributed by atoms with Crippen molar-refractivity contribution in [2.24, 2.45) is 5.92 Å². The van der Waals surface area contributed by atoms with Gasteiger partial charge in [0.25, 0.3) is 0 Å². The number of aryl methyl sites for hydroxylation is 1. The summed E-state index contributed by atoms with van der Waals surface area (Å²) in [6.07, 6.45) is 2.55. The first-order valence-corrected chi connectivity index (χ1v) is 7.38. The lowest BCUT2D eigenvalue weighted by molar-refractivity contribution is 0.183. The summed E-state index contributed by atoms with van der Waals surface area (Å²) in [6, 6.07) is 6.03. The molecule has 0 aliphatic carbocycles. The minimum atomic E-state index is 0.340. The van der Waals surface area contributed by atoms with E-state index >= 15 is 0 Å². The van der Waals surface area contributed by atoms with Crippen LogP contribution in [0.2, 0.25) is 0 Å². The van der Waals surface area contributed by atoms with Crippen molar-refractivity contribution in [3.05, 3.63) is 23.8 Å². The molecule has 1 aromatic carbocycles. The lowest BCUT2D eigenvalue weighted by Gasteiger charge is -2.35. The Kier molecular flexibility index (Phi) is 4.70. The van der Waals surface area contributed by atoms with Gasteiger partial charge in [-0.2, -0.15) is 0 Å². The van der Waals surface area contributed by atoms with E-state index in [0.29, 0.717) is 11.8 Å². The average molecular weight is 262 g/mol. The Morgan fingerprint density at radius 1 is 1.37 bits per heavy atom. The molecule has 0 spiro atoms. The van der Waals surface area contributed by atoms with Crippen LogP contribution in [0, 0.1) is 12.8 Å². The molecular weight excluding hydrogens is 236 g/mol. The first-order valence-electron chi connectivity index (χ1n) is 7.38. The second-order valence-electron chi connectivity index (χ2n) is 5.70. The highest BCUT2D eigenvalue weighted by Gasteiger charge is 2.23. The van der Waals surface area contributed by atoms with Crippen LogP contribution >= 0.6 is 0 Å². The Morgan fingerprint density at radius 3 is 2.63 bits per heavy atom. The maximum atomic E-state index is 9.44. The fourth-order valence-corrected chi connectivity index (χ4v) is 2.94. The van der Waals surface area contributed by atoms with E-state index in [1.807, 2.05) is 19.1 Å². The average Bonchev–Trinajstić information content (AvgIpc) is 2.42. The number of nitrogens with zero attached hydrogens (tertiary/aromatic N) is 1. The molecule has 3 nitrogen and oxygen atoms in total. The lowest BCUT2D eigenvalue weighted by atomic mass is 9.90. The van der Waals surface area contributed by atoms with E-state index < -0.39 is 0 Å². The number of phenolic OH excluding ortho intramolecular Hbond substituents is 1. The third-order valence-electron chi connectivity index (χ3n) is 4.38. The number of piperidine rings is 1. The zero-order valence-electron chi connectivity index (χ0n) is 12.3. The Morgan fingerprint density at radius 2 is 2.05 bits per heavy atom. The van der Waals surface area contributed by atoms with Gasteiger partial charge < -0.3 is 15.3 Å². The van der Waals surface area contributed by atoms with E-state index in [1.54, 1.807) is 6.07 Å². The van der Waals surface area contributed by atoms with Gasteiger partial charge in [-0.15, -0.1) is 0 Å². The molecule has 1 atom stereocenters. The summed E-state index contributed by atoms with van der Waals surface area (Å²) in [5.74, 6) is 1.09. The Bertz CT molecular complexity index is 411. The SMILES string of the molecule is CCN1CCC(C(C)Nc2ccc(O)cc2C)CC1. The molecule has 0 aromatic heterocycles. The van der Waals surface area contributed by atoms with Crippen molar-refractivity contribution in [2.75, 3.05) is 25.0 Å². The van der Waals surface area contributed by atoms with Gasteiger partial charge in [0.2, 0.25) is 0 Å². The van der Waals surface area contributed by atoms with Crippen molar-refractivity contribution in [3.8, 4) is 5.75 Å². The Labute approximate surface area is 116 Å². The zero-order chi connectivity index (χ0) is 13.8. The fraction of sp³-hybridized carbons (Fsp3) is 0.625. The number of anilines is 1. The molecule has 1 saturated heterocycles. The Balaban J connectivity index is 1.92. The molecule has 0 bridgehead atoms. The van der Waals surface area contributed by atoms with Gasteiger partial charge in [0.05, 0.1) is 0 Å². The van der Waals surface area contributed by atoms with Crippen LogP contribution in [0.4, 0.5) is 5.69 Å². The van der Waals surface area contributed by atoms with E-state index in [2.05, 4.69) is 24.1 Å². The van der Waals surface area contributed by atoms with Crippen LogP contribution in [0.25, 0.3) is 0 Å². The molecular formula is C16H26N2O. The monoisotopic (exact) mass is 262 g/mol. The van der Waals surface area contributed by atoms with E-state index in [9.17, 15) is 5.11 Å². The van der Waals surface area contributed by atoms with Crippen molar-refractivity contribution in [1.82, 2.24) is 4.90 Å². The van der Waals surface area contributed by atoms with Crippen LogP contribution < -0.4 is 5.32 Å². The smallest absolute Gasteiger partial charge is 0.115 e. The maximum absolute atomic E-state index is 9.44. The number of likely N-dealkylation sites (tertiary alicyclic amines) is 1. The van der Waals surface area contributed by atoms with E-state index in [-0.39, 0.29) is 0 Å². The summed E-state index contributed by atoms with van der Waals surface area (Å²) in [6.45, 7) is 10.2. The van der Waals surface area contributed by atoms with E-state index in [4.69, 9.17) is 0 Å². The van der Waals surface area contributed by atoms with Crippen LogP contribution in [-0.2, 0) is 0 Å². The predicted octanol–water partition coefficient (Wildman–Crippen LogP) is 3.23. The van der Waals surface area contributed by atoms with Crippen LogP contribution in [0.15, 0.2) is 18.2 Å². The summed E-state index contributed by atoms with van der Waals surface area (Å²) in [5.41, 5.74) is 2.25. The normalized spacial score (nSPS) is 19.3. The van der Waals surface area contributed by atoms with Crippen molar-refractivity contribution < 1.29 is 5.11 Å². The highest BCUT2D eigenvalue weighted by Crippen LogP contribution is 2.26. The number of benzene rings is 1. The zero-order valence-corrected chi connectivity index (χ0v) is 12.3. The number of hydrogen-bond donors (Lipinski definition) is 2. The van der Waals surface area contributed by atoms with Crippen LogP contribution in [-0.4, -0.2) is 35.7 Å². The van der Waals surface area contributed by atoms with Gasteiger partial charge in [0, 0.05) is 11.7 Å². The molecule has 1 aliphatic rings. The summed E-state index contributed by atoms with van der Waals surface area (Å²) in [7, 11) is 0. The third-order valence-corrected chi connectivity index (χ3v) is 4.38. The molecule has 1 heterocycles. The minimum absolute atomic E-state index is 0.340. The van der Waals surface area contributed by atoms with Gasteiger partial charge in [-0.25, -0.2) is 0 Å². The highest BCUT2D eigenvalue weighted by atomic mass is 16.3. The van der Waals surface area contributed by atoms with Crippen LogP contribution in [0.1, 0.15) is 32.3 Å². The van der Waals surface area contributed by atoms with Gasteiger partial charge in [-0.05, 0) is 76.0 Å². The van der Waals surface area contributed by atoms with Gasteiger partial charge in [-0.1, -0.05) is 6.92 Å². The first-order chi connectivity index (χ1) is 9.10. The summed E-state index contributed by atoms with van der Waals surface area (Å²) in [4.78, 5) is 2.52. The first kappa shape index (κ1) is 14.2. The fourth-order valence-electron chi connectivity index (χ4n) is 2.94.